The average molecular weight is 192 g/mol. The van der Waals surface area contributed by atoms with E-state index in [1.54, 1.807) is 0 Å². The lowest BCUT2D eigenvalue weighted by Gasteiger charge is -2.04. The topological polar surface area (TPSA) is 62.2 Å². The molecule has 14 heavy (non-hydrogen) atoms. The number of carboxylic acid groups (broad SMARTS) is 1. The number of fused-ring (bicyclic) bond motifs is 1. The summed E-state index contributed by atoms with van der Waals surface area (Å²) >= 11 is 0. The number of aromatic nitrogens is 1. The number of pyridine rings is 1. The lowest BCUT2D eigenvalue weighted by molar-refractivity contribution is -0.134. The Morgan fingerprint density at radius 3 is 3.14 bits per heavy atom. The van der Waals surface area contributed by atoms with Crippen LogP contribution in [0, 0.1) is 0 Å². The van der Waals surface area contributed by atoms with E-state index in [9.17, 15) is 4.79 Å². The minimum absolute atomic E-state index is 0.0776. The molecule has 0 aliphatic heterocycles. The first-order chi connectivity index (χ1) is 6.75. The number of aryl methyl sites for hydroxylation is 2. The Morgan fingerprint density at radius 1 is 1.50 bits per heavy atom. The van der Waals surface area contributed by atoms with Gasteiger partial charge in [0, 0.05) is 5.69 Å². The van der Waals surface area contributed by atoms with Gasteiger partial charge < -0.3 is 10.4 Å². The average Bonchev–Trinajstić information content (AvgIpc) is 2.61. The first kappa shape index (κ1) is 8.99. The first-order valence-electron chi connectivity index (χ1n) is 4.70. The predicted octanol–water partition coefficient (Wildman–Crippen LogP) is 1.07. The highest BCUT2D eigenvalue weighted by Gasteiger charge is 2.12. The van der Waals surface area contributed by atoms with Gasteiger partial charge in [-0.3, -0.25) is 4.79 Å². The minimum Gasteiger partial charge on any atom is -0.480 e. The Balaban J connectivity index is 2.09. The summed E-state index contributed by atoms with van der Waals surface area (Å²) in [6, 6.07) is 3.87. The number of hydrogen-bond donors (Lipinski definition) is 2. The van der Waals surface area contributed by atoms with E-state index < -0.39 is 5.97 Å². The number of hydrogen-bond acceptors (Lipinski definition) is 3. The summed E-state index contributed by atoms with van der Waals surface area (Å²) in [5.41, 5.74) is 2.41. The van der Waals surface area contributed by atoms with Gasteiger partial charge in [-0.05, 0) is 30.9 Å². The number of anilines is 1. The lowest BCUT2D eigenvalue weighted by Crippen LogP contribution is -2.13. The SMILES string of the molecule is O=C(O)CNc1ccc2c(n1)CCC2. The van der Waals surface area contributed by atoms with E-state index in [1.807, 2.05) is 12.1 Å². The van der Waals surface area contributed by atoms with E-state index in [4.69, 9.17) is 5.11 Å². The van der Waals surface area contributed by atoms with Gasteiger partial charge in [0.25, 0.3) is 0 Å². The van der Waals surface area contributed by atoms with Gasteiger partial charge in [-0.2, -0.15) is 0 Å². The van der Waals surface area contributed by atoms with Crippen LogP contribution < -0.4 is 5.32 Å². The van der Waals surface area contributed by atoms with E-state index in [0.717, 1.165) is 25.0 Å². The van der Waals surface area contributed by atoms with Gasteiger partial charge in [0.15, 0.2) is 0 Å². The van der Waals surface area contributed by atoms with Crippen molar-refractivity contribution in [2.75, 3.05) is 11.9 Å². The summed E-state index contributed by atoms with van der Waals surface area (Å²) in [6.07, 6.45) is 3.27. The number of carboxylic acids is 1. The van der Waals surface area contributed by atoms with Crippen molar-refractivity contribution in [1.29, 1.82) is 0 Å². The number of nitrogens with zero attached hydrogens (tertiary/aromatic N) is 1. The van der Waals surface area contributed by atoms with Crippen LogP contribution in [-0.2, 0) is 17.6 Å². The number of nitrogens with one attached hydrogen (secondary N) is 1. The van der Waals surface area contributed by atoms with Gasteiger partial charge in [0.1, 0.15) is 12.4 Å². The van der Waals surface area contributed by atoms with E-state index in [-0.39, 0.29) is 6.54 Å². The van der Waals surface area contributed by atoms with Crippen LogP contribution in [0.25, 0.3) is 0 Å². The van der Waals surface area contributed by atoms with Crippen LogP contribution in [0.5, 0.6) is 0 Å². The molecule has 1 aromatic heterocycles. The zero-order valence-corrected chi connectivity index (χ0v) is 7.79. The molecule has 4 nitrogen and oxygen atoms in total. The summed E-state index contributed by atoms with van der Waals surface area (Å²) in [5, 5.41) is 11.2. The Labute approximate surface area is 82.0 Å². The Morgan fingerprint density at radius 2 is 2.36 bits per heavy atom. The highest BCUT2D eigenvalue weighted by atomic mass is 16.4. The Hall–Kier alpha value is -1.58. The van der Waals surface area contributed by atoms with Gasteiger partial charge in [0.05, 0.1) is 0 Å². The van der Waals surface area contributed by atoms with Crippen LogP contribution in [0.1, 0.15) is 17.7 Å². The lowest BCUT2D eigenvalue weighted by atomic mass is 10.2. The molecule has 1 aliphatic rings. The Kier molecular flexibility index (Phi) is 2.35. The summed E-state index contributed by atoms with van der Waals surface area (Å²) in [5.74, 6) is -0.208. The van der Waals surface area contributed by atoms with Crippen LogP contribution in [-0.4, -0.2) is 22.6 Å². The molecule has 1 aliphatic carbocycles. The third-order valence-electron chi connectivity index (χ3n) is 2.35. The molecule has 0 fully saturated rings. The quantitative estimate of drug-likeness (QED) is 0.751. The molecule has 4 heteroatoms. The predicted molar refractivity (Wildman–Crippen MR) is 52.4 cm³/mol. The molecule has 0 unspecified atom stereocenters. The van der Waals surface area contributed by atoms with E-state index in [2.05, 4.69) is 10.3 Å². The van der Waals surface area contributed by atoms with E-state index >= 15 is 0 Å². The molecule has 2 rings (SSSR count). The van der Waals surface area contributed by atoms with Crippen molar-refractivity contribution in [3.63, 3.8) is 0 Å². The molecule has 0 saturated heterocycles. The maximum Gasteiger partial charge on any atom is 0.322 e. The minimum atomic E-state index is -0.868. The molecule has 0 saturated carbocycles. The maximum absolute atomic E-state index is 10.3. The fourth-order valence-corrected chi connectivity index (χ4v) is 1.69. The summed E-state index contributed by atoms with van der Waals surface area (Å²) in [6.45, 7) is -0.0776. The van der Waals surface area contributed by atoms with Crippen LogP contribution in [0.15, 0.2) is 12.1 Å². The Bertz CT molecular complexity index is 363. The molecule has 0 spiro atoms. The fourth-order valence-electron chi connectivity index (χ4n) is 1.69. The number of aliphatic carboxylic acids is 1. The fraction of sp³-hybridized carbons (Fsp3) is 0.400. The molecule has 0 aromatic carbocycles. The second kappa shape index (κ2) is 3.65. The third kappa shape index (κ3) is 1.84. The molecule has 0 amide bonds. The molecule has 1 heterocycles. The van der Waals surface area contributed by atoms with Gasteiger partial charge in [-0.1, -0.05) is 6.07 Å². The van der Waals surface area contributed by atoms with Gasteiger partial charge in [0.2, 0.25) is 0 Å². The van der Waals surface area contributed by atoms with E-state index in [1.165, 1.54) is 5.56 Å². The van der Waals surface area contributed by atoms with Crippen molar-refractivity contribution in [3.05, 3.63) is 23.4 Å². The molecular weight excluding hydrogens is 180 g/mol. The monoisotopic (exact) mass is 192 g/mol. The second-order valence-corrected chi connectivity index (χ2v) is 3.40. The standard InChI is InChI=1S/C10H12N2O2/c13-10(14)6-11-9-5-4-7-2-1-3-8(7)12-9/h4-5H,1-3,6H2,(H,11,12)(H,13,14). The second-order valence-electron chi connectivity index (χ2n) is 3.40. The van der Waals surface area contributed by atoms with Crippen LogP contribution in [0.3, 0.4) is 0 Å². The van der Waals surface area contributed by atoms with Crippen molar-refractivity contribution in [1.82, 2.24) is 4.98 Å². The van der Waals surface area contributed by atoms with Crippen LogP contribution in [0.2, 0.25) is 0 Å². The molecule has 2 N–H and O–H groups in total. The highest BCUT2D eigenvalue weighted by Crippen LogP contribution is 2.21. The molecule has 74 valence electrons. The largest absolute Gasteiger partial charge is 0.480 e. The zero-order valence-electron chi connectivity index (χ0n) is 7.79. The van der Waals surface area contributed by atoms with Gasteiger partial charge >= 0.3 is 5.97 Å². The van der Waals surface area contributed by atoms with Gasteiger partial charge in [-0.25, -0.2) is 4.98 Å². The number of rotatable bonds is 3. The normalized spacial score (nSPS) is 13.7. The highest BCUT2D eigenvalue weighted by molar-refractivity contribution is 5.72. The van der Waals surface area contributed by atoms with Crippen molar-refractivity contribution in [2.45, 2.75) is 19.3 Å². The third-order valence-corrected chi connectivity index (χ3v) is 2.35. The number of carbonyl (C=O) groups is 1. The van der Waals surface area contributed by atoms with Crippen molar-refractivity contribution in [2.24, 2.45) is 0 Å². The summed E-state index contributed by atoms with van der Waals surface area (Å²) in [7, 11) is 0. The molecule has 0 radical (unpaired) electrons. The van der Waals surface area contributed by atoms with Crippen molar-refractivity contribution < 1.29 is 9.90 Å². The van der Waals surface area contributed by atoms with Gasteiger partial charge in [-0.15, -0.1) is 0 Å². The summed E-state index contributed by atoms with van der Waals surface area (Å²) in [4.78, 5) is 14.7. The summed E-state index contributed by atoms with van der Waals surface area (Å²) < 4.78 is 0. The van der Waals surface area contributed by atoms with Crippen LogP contribution >= 0.6 is 0 Å². The maximum atomic E-state index is 10.3. The van der Waals surface area contributed by atoms with Crippen molar-refractivity contribution in [3.8, 4) is 0 Å². The molecule has 0 atom stereocenters. The molecular formula is C10H12N2O2. The molecule has 1 aromatic rings. The molecule has 0 bridgehead atoms. The van der Waals surface area contributed by atoms with E-state index in [0.29, 0.717) is 5.82 Å². The van der Waals surface area contributed by atoms with Crippen molar-refractivity contribution >= 4 is 11.8 Å². The smallest absolute Gasteiger partial charge is 0.322 e. The zero-order chi connectivity index (χ0) is 9.97. The first-order valence-corrected chi connectivity index (χ1v) is 4.70. The van der Waals surface area contributed by atoms with Crippen LogP contribution in [0.4, 0.5) is 5.82 Å².